The van der Waals surface area contributed by atoms with Crippen LogP contribution in [0.1, 0.15) is 11.3 Å². The summed E-state index contributed by atoms with van der Waals surface area (Å²) >= 11 is 1.27. The maximum atomic E-state index is 12.5. The van der Waals surface area contributed by atoms with Gasteiger partial charge in [-0.05, 0) is 18.2 Å². The number of hydrogen-bond acceptors (Lipinski definition) is 8. The standard InChI is InChI=1S/C23H20N6O3S/c24-22-25-17(14-33-22)12-21(30)32-13-16-8-4-5-9-18(16)26-23(31)27-20-11-10-19(28-29-20)15-6-2-1-3-7-15/h1-11,14H,12-13H2,(H2,24,25)(H2,26,27,29,31). The Morgan fingerprint density at radius 1 is 0.939 bits per heavy atom. The molecular formula is C23H20N6O3S. The molecule has 0 spiro atoms. The molecule has 4 aromatic rings. The van der Waals surface area contributed by atoms with Crippen LogP contribution < -0.4 is 16.4 Å². The van der Waals surface area contributed by atoms with E-state index in [1.165, 1.54) is 11.3 Å². The summed E-state index contributed by atoms with van der Waals surface area (Å²) in [6.07, 6.45) is 0.0292. The van der Waals surface area contributed by atoms with Crippen molar-refractivity contribution in [3.8, 4) is 11.3 Å². The maximum Gasteiger partial charge on any atom is 0.324 e. The van der Waals surface area contributed by atoms with Crippen LogP contribution in [0.4, 0.5) is 21.4 Å². The van der Waals surface area contributed by atoms with Gasteiger partial charge in [-0.25, -0.2) is 9.78 Å². The van der Waals surface area contributed by atoms with Gasteiger partial charge in [-0.3, -0.25) is 10.1 Å². The molecule has 2 aromatic carbocycles. The maximum absolute atomic E-state index is 12.5. The van der Waals surface area contributed by atoms with Gasteiger partial charge in [0.1, 0.15) is 6.61 Å². The van der Waals surface area contributed by atoms with Crippen molar-refractivity contribution in [3.63, 3.8) is 0 Å². The van der Waals surface area contributed by atoms with Crippen LogP contribution in [0.2, 0.25) is 0 Å². The van der Waals surface area contributed by atoms with Crippen LogP contribution in [0.15, 0.2) is 72.1 Å². The second-order valence-electron chi connectivity index (χ2n) is 6.92. The molecule has 0 aliphatic heterocycles. The summed E-state index contributed by atoms with van der Waals surface area (Å²) < 4.78 is 5.33. The van der Waals surface area contributed by atoms with Gasteiger partial charge in [0.15, 0.2) is 10.9 Å². The highest BCUT2D eigenvalue weighted by Crippen LogP contribution is 2.19. The number of thiazole rings is 1. The van der Waals surface area contributed by atoms with E-state index in [4.69, 9.17) is 10.5 Å². The van der Waals surface area contributed by atoms with Crippen LogP contribution in [-0.4, -0.2) is 27.2 Å². The number of aromatic nitrogens is 3. The van der Waals surface area contributed by atoms with Crippen LogP contribution in [0, 0.1) is 0 Å². The Bertz CT molecular complexity index is 1240. The van der Waals surface area contributed by atoms with E-state index in [9.17, 15) is 9.59 Å². The third-order valence-corrected chi connectivity index (χ3v) is 5.25. The van der Waals surface area contributed by atoms with Crippen LogP contribution >= 0.6 is 11.3 Å². The summed E-state index contributed by atoms with van der Waals surface area (Å²) in [4.78, 5) is 28.6. The topological polar surface area (TPSA) is 132 Å². The average Bonchev–Trinajstić information content (AvgIpc) is 3.24. The van der Waals surface area contributed by atoms with Crippen molar-refractivity contribution in [2.45, 2.75) is 13.0 Å². The van der Waals surface area contributed by atoms with Crippen LogP contribution in [0.5, 0.6) is 0 Å². The fraction of sp³-hybridized carbons (Fsp3) is 0.0870. The average molecular weight is 461 g/mol. The minimum Gasteiger partial charge on any atom is -0.460 e. The number of urea groups is 1. The largest absolute Gasteiger partial charge is 0.460 e. The summed E-state index contributed by atoms with van der Waals surface area (Å²) in [6, 6.07) is 19.6. The van der Waals surface area contributed by atoms with E-state index in [1.807, 2.05) is 30.3 Å². The third-order valence-electron chi connectivity index (χ3n) is 4.52. The highest BCUT2D eigenvalue weighted by atomic mass is 32.1. The van der Waals surface area contributed by atoms with Gasteiger partial charge >= 0.3 is 12.0 Å². The van der Waals surface area contributed by atoms with Crippen molar-refractivity contribution in [2.24, 2.45) is 0 Å². The van der Waals surface area contributed by atoms with Crippen molar-refractivity contribution in [3.05, 3.63) is 83.4 Å². The number of nitrogens with one attached hydrogen (secondary N) is 2. The molecule has 2 amide bonds. The Hall–Kier alpha value is -4.31. The molecule has 10 heteroatoms. The van der Waals surface area contributed by atoms with Gasteiger partial charge in [0, 0.05) is 22.2 Å². The molecule has 0 saturated heterocycles. The lowest BCUT2D eigenvalue weighted by Crippen LogP contribution is -2.21. The second-order valence-corrected chi connectivity index (χ2v) is 7.81. The Kier molecular flexibility index (Phi) is 6.86. The van der Waals surface area contributed by atoms with Crippen molar-refractivity contribution in [1.29, 1.82) is 0 Å². The number of esters is 1. The minimum atomic E-state index is -0.492. The summed E-state index contributed by atoms with van der Waals surface area (Å²) in [5.74, 6) is -0.132. The number of benzene rings is 2. The number of ether oxygens (including phenoxy) is 1. The molecule has 0 bridgehead atoms. The Morgan fingerprint density at radius 3 is 2.45 bits per heavy atom. The zero-order chi connectivity index (χ0) is 23.0. The lowest BCUT2D eigenvalue weighted by molar-refractivity contribution is -0.144. The van der Waals surface area contributed by atoms with Gasteiger partial charge in [0.2, 0.25) is 0 Å². The molecule has 166 valence electrons. The van der Waals surface area contributed by atoms with Crippen molar-refractivity contribution in [1.82, 2.24) is 15.2 Å². The number of carbonyl (C=O) groups excluding carboxylic acids is 2. The monoisotopic (exact) mass is 460 g/mol. The molecule has 4 N–H and O–H groups in total. The van der Waals surface area contributed by atoms with Crippen molar-refractivity contribution < 1.29 is 14.3 Å². The Morgan fingerprint density at radius 2 is 1.73 bits per heavy atom. The molecule has 0 aliphatic carbocycles. The number of para-hydroxylation sites is 1. The molecule has 2 aromatic heterocycles. The number of nitrogens with two attached hydrogens (primary N) is 1. The fourth-order valence-electron chi connectivity index (χ4n) is 2.96. The lowest BCUT2D eigenvalue weighted by atomic mass is 10.1. The molecule has 2 heterocycles. The summed E-state index contributed by atoms with van der Waals surface area (Å²) in [6.45, 7) is 0.000480. The lowest BCUT2D eigenvalue weighted by Gasteiger charge is -2.12. The zero-order valence-corrected chi connectivity index (χ0v) is 18.2. The molecule has 0 radical (unpaired) electrons. The Labute approximate surface area is 193 Å². The highest BCUT2D eigenvalue weighted by Gasteiger charge is 2.12. The number of amides is 2. The number of nitrogen functional groups attached to an aromatic ring is 1. The molecule has 0 saturated carbocycles. The molecular weight excluding hydrogens is 440 g/mol. The van der Waals surface area contributed by atoms with Gasteiger partial charge in [-0.1, -0.05) is 48.5 Å². The quantitative estimate of drug-likeness (QED) is 0.354. The van der Waals surface area contributed by atoms with E-state index in [-0.39, 0.29) is 13.0 Å². The number of anilines is 3. The van der Waals surface area contributed by atoms with E-state index in [0.29, 0.717) is 33.6 Å². The van der Waals surface area contributed by atoms with Gasteiger partial charge < -0.3 is 15.8 Å². The predicted molar refractivity (Wildman–Crippen MR) is 127 cm³/mol. The van der Waals surface area contributed by atoms with E-state index >= 15 is 0 Å². The Balaban J connectivity index is 1.33. The van der Waals surface area contributed by atoms with E-state index < -0.39 is 12.0 Å². The van der Waals surface area contributed by atoms with Gasteiger partial charge in [0.25, 0.3) is 0 Å². The van der Waals surface area contributed by atoms with E-state index in [0.717, 1.165) is 5.56 Å². The highest BCUT2D eigenvalue weighted by molar-refractivity contribution is 7.13. The first kappa shape index (κ1) is 21.9. The van der Waals surface area contributed by atoms with Gasteiger partial charge in [-0.15, -0.1) is 21.5 Å². The fourth-order valence-corrected chi connectivity index (χ4v) is 3.52. The van der Waals surface area contributed by atoms with Crippen molar-refractivity contribution >= 4 is 40.0 Å². The number of rotatable bonds is 7. The normalized spacial score (nSPS) is 10.4. The number of nitrogens with zero attached hydrogens (tertiary/aromatic N) is 3. The first-order chi connectivity index (χ1) is 16.1. The van der Waals surface area contributed by atoms with Crippen LogP contribution in [0.3, 0.4) is 0 Å². The molecule has 0 atom stereocenters. The second kappa shape index (κ2) is 10.3. The van der Waals surface area contributed by atoms with Gasteiger partial charge in [0.05, 0.1) is 17.8 Å². The van der Waals surface area contributed by atoms with Crippen molar-refractivity contribution in [2.75, 3.05) is 16.4 Å². The molecule has 0 fully saturated rings. The molecule has 0 aliphatic rings. The number of carbonyl (C=O) groups is 2. The molecule has 9 nitrogen and oxygen atoms in total. The first-order valence-electron chi connectivity index (χ1n) is 9.97. The first-order valence-corrected chi connectivity index (χ1v) is 10.9. The van der Waals surface area contributed by atoms with E-state index in [2.05, 4.69) is 25.8 Å². The predicted octanol–water partition coefficient (Wildman–Crippen LogP) is 4.11. The van der Waals surface area contributed by atoms with Gasteiger partial charge in [-0.2, -0.15) is 0 Å². The summed E-state index contributed by atoms with van der Waals surface area (Å²) in [5.41, 5.74) is 8.93. The minimum absolute atomic E-state index is 0.000480. The number of hydrogen-bond donors (Lipinski definition) is 3. The zero-order valence-electron chi connectivity index (χ0n) is 17.4. The smallest absolute Gasteiger partial charge is 0.324 e. The van der Waals surface area contributed by atoms with Crippen LogP contribution in [-0.2, 0) is 22.6 Å². The van der Waals surface area contributed by atoms with Crippen LogP contribution in [0.25, 0.3) is 11.3 Å². The molecule has 0 unspecified atom stereocenters. The summed E-state index contributed by atoms with van der Waals surface area (Å²) in [7, 11) is 0. The molecule has 33 heavy (non-hydrogen) atoms. The van der Waals surface area contributed by atoms with E-state index in [1.54, 1.807) is 41.8 Å². The molecule has 4 rings (SSSR count). The summed E-state index contributed by atoms with van der Waals surface area (Å²) in [5, 5.41) is 15.7. The third kappa shape index (κ3) is 6.11. The SMILES string of the molecule is Nc1nc(CC(=O)OCc2ccccc2NC(=O)Nc2ccc(-c3ccccc3)nn2)cs1.